The number of nitrogens with two attached hydrogens (primary N) is 2. The summed E-state index contributed by atoms with van der Waals surface area (Å²) in [6, 6.07) is 8.31. The third-order valence-electron chi connectivity index (χ3n) is 3.07. The van der Waals surface area contributed by atoms with E-state index >= 15 is 0 Å². The maximum absolute atomic E-state index is 5.96. The molecule has 0 atom stereocenters. The molecule has 4 N–H and O–H groups in total. The first-order chi connectivity index (χ1) is 6.77. The average molecular weight is 184 g/mol. The largest absolute Gasteiger partial charge is 0.397 e. The molecule has 0 fully saturated rings. The van der Waals surface area contributed by atoms with Crippen molar-refractivity contribution in [2.24, 2.45) is 0 Å². The molecule has 1 aliphatic rings. The molecule has 0 heterocycles. The minimum absolute atomic E-state index is 0.714. The maximum Gasteiger partial charge on any atom is 0.0627 e. The standard InChI is InChI=1S/C12H12N2/c13-10-6-8-5-4-7-2-1-3-9(11(7)8)12(10)14/h1-3,6H,4-5,13-14H2. The Morgan fingerprint density at radius 1 is 1.00 bits per heavy atom. The molecule has 2 aromatic rings. The van der Waals surface area contributed by atoms with Crippen LogP contribution in [-0.2, 0) is 12.8 Å². The molecule has 0 aliphatic heterocycles. The number of anilines is 2. The van der Waals surface area contributed by atoms with Crippen LogP contribution in [0.3, 0.4) is 0 Å². The molecule has 0 aromatic heterocycles. The summed E-state index contributed by atoms with van der Waals surface area (Å²) < 4.78 is 0. The van der Waals surface area contributed by atoms with Crippen molar-refractivity contribution in [3.8, 4) is 0 Å². The summed E-state index contributed by atoms with van der Waals surface area (Å²) in [5, 5.41) is 2.45. The zero-order valence-corrected chi connectivity index (χ0v) is 7.88. The number of hydrogen-bond acceptors (Lipinski definition) is 2. The first-order valence-corrected chi connectivity index (χ1v) is 4.86. The molecular weight excluding hydrogens is 172 g/mol. The highest BCUT2D eigenvalue weighted by Crippen LogP contribution is 2.36. The van der Waals surface area contributed by atoms with Gasteiger partial charge in [0.15, 0.2) is 0 Å². The Morgan fingerprint density at radius 3 is 2.64 bits per heavy atom. The first kappa shape index (κ1) is 7.68. The molecule has 0 saturated carbocycles. The summed E-state index contributed by atoms with van der Waals surface area (Å²) in [6.07, 6.45) is 2.22. The van der Waals surface area contributed by atoms with Crippen molar-refractivity contribution in [1.29, 1.82) is 0 Å². The van der Waals surface area contributed by atoms with E-state index in [-0.39, 0.29) is 0 Å². The lowest BCUT2D eigenvalue weighted by Crippen LogP contribution is -1.96. The second-order valence-electron chi connectivity index (χ2n) is 3.88. The van der Waals surface area contributed by atoms with Crippen LogP contribution in [0.15, 0.2) is 24.3 Å². The predicted octanol–water partition coefficient (Wildman–Crippen LogP) is 2.10. The molecule has 0 unspecified atom stereocenters. The van der Waals surface area contributed by atoms with Gasteiger partial charge in [0.25, 0.3) is 0 Å². The van der Waals surface area contributed by atoms with Gasteiger partial charge in [-0.3, -0.25) is 0 Å². The lowest BCUT2D eigenvalue weighted by atomic mass is 10.0. The molecule has 0 bridgehead atoms. The molecule has 0 amide bonds. The number of aryl methyl sites for hydroxylation is 2. The van der Waals surface area contributed by atoms with Crippen LogP contribution in [0.25, 0.3) is 10.8 Å². The number of nitrogen functional groups attached to an aromatic ring is 2. The van der Waals surface area contributed by atoms with Crippen molar-refractivity contribution in [3.63, 3.8) is 0 Å². The highest BCUT2D eigenvalue weighted by Gasteiger charge is 2.16. The summed E-state index contributed by atoms with van der Waals surface area (Å²) >= 11 is 0. The third-order valence-corrected chi connectivity index (χ3v) is 3.07. The van der Waals surface area contributed by atoms with E-state index < -0.39 is 0 Å². The summed E-state index contributed by atoms with van der Waals surface area (Å²) in [5.41, 5.74) is 16.0. The van der Waals surface area contributed by atoms with Crippen LogP contribution in [-0.4, -0.2) is 0 Å². The number of hydrogen-bond donors (Lipinski definition) is 2. The van der Waals surface area contributed by atoms with E-state index in [4.69, 9.17) is 11.5 Å². The van der Waals surface area contributed by atoms with E-state index in [9.17, 15) is 0 Å². The number of rotatable bonds is 0. The monoisotopic (exact) mass is 184 g/mol. The summed E-state index contributed by atoms with van der Waals surface area (Å²) in [6.45, 7) is 0. The van der Waals surface area contributed by atoms with Gasteiger partial charge in [-0.15, -0.1) is 0 Å². The maximum atomic E-state index is 5.96. The van der Waals surface area contributed by atoms with E-state index in [0.717, 1.165) is 23.9 Å². The van der Waals surface area contributed by atoms with E-state index in [0.29, 0.717) is 5.69 Å². The second kappa shape index (κ2) is 2.41. The molecule has 3 rings (SSSR count). The number of benzene rings is 2. The fraction of sp³-hybridized carbons (Fsp3) is 0.167. The molecule has 1 aliphatic carbocycles. The molecule has 70 valence electrons. The fourth-order valence-corrected chi connectivity index (χ4v) is 2.37. The zero-order valence-electron chi connectivity index (χ0n) is 7.88. The molecule has 2 aromatic carbocycles. The molecule has 14 heavy (non-hydrogen) atoms. The van der Waals surface area contributed by atoms with Crippen LogP contribution in [0.5, 0.6) is 0 Å². The van der Waals surface area contributed by atoms with Gasteiger partial charge in [-0.1, -0.05) is 18.2 Å². The van der Waals surface area contributed by atoms with Gasteiger partial charge in [0.1, 0.15) is 0 Å². The van der Waals surface area contributed by atoms with Crippen LogP contribution < -0.4 is 11.5 Å². The smallest absolute Gasteiger partial charge is 0.0627 e. The lowest BCUT2D eigenvalue weighted by Gasteiger charge is -2.07. The van der Waals surface area contributed by atoms with E-state index in [2.05, 4.69) is 18.2 Å². The zero-order chi connectivity index (χ0) is 9.71. The van der Waals surface area contributed by atoms with Crippen LogP contribution in [0.4, 0.5) is 11.4 Å². The molecule has 2 heteroatoms. The summed E-state index contributed by atoms with van der Waals surface area (Å²) in [4.78, 5) is 0. The predicted molar refractivity (Wildman–Crippen MR) is 60.2 cm³/mol. The van der Waals surface area contributed by atoms with E-state index in [1.165, 1.54) is 16.5 Å². The van der Waals surface area contributed by atoms with Crippen molar-refractivity contribution < 1.29 is 0 Å². The third kappa shape index (κ3) is 0.803. The van der Waals surface area contributed by atoms with E-state index in [1.807, 2.05) is 6.07 Å². The van der Waals surface area contributed by atoms with Crippen molar-refractivity contribution >= 4 is 22.1 Å². The lowest BCUT2D eigenvalue weighted by molar-refractivity contribution is 1.02. The van der Waals surface area contributed by atoms with Crippen LogP contribution in [0, 0.1) is 0 Å². The SMILES string of the molecule is Nc1cc2c3c(cccc3c1N)CC2. The first-order valence-electron chi connectivity index (χ1n) is 4.86. The Balaban J connectivity index is 2.57. The van der Waals surface area contributed by atoms with Crippen molar-refractivity contribution in [2.45, 2.75) is 12.8 Å². The van der Waals surface area contributed by atoms with Crippen molar-refractivity contribution in [1.82, 2.24) is 0 Å². The Hall–Kier alpha value is -1.70. The van der Waals surface area contributed by atoms with Gasteiger partial charge in [0, 0.05) is 5.39 Å². The van der Waals surface area contributed by atoms with Gasteiger partial charge in [0.2, 0.25) is 0 Å². The topological polar surface area (TPSA) is 52.0 Å². The Kier molecular flexibility index (Phi) is 1.32. The minimum Gasteiger partial charge on any atom is -0.397 e. The van der Waals surface area contributed by atoms with Crippen LogP contribution in [0.1, 0.15) is 11.1 Å². The van der Waals surface area contributed by atoms with Gasteiger partial charge in [-0.05, 0) is 35.4 Å². The van der Waals surface area contributed by atoms with Gasteiger partial charge >= 0.3 is 0 Å². The quantitative estimate of drug-likeness (QED) is 0.616. The highest BCUT2D eigenvalue weighted by molar-refractivity contribution is 6.03. The molecule has 0 spiro atoms. The van der Waals surface area contributed by atoms with Gasteiger partial charge < -0.3 is 11.5 Å². The van der Waals surface area contributed by atoms with Crippen molar-refractivity contribution in [3.05, 3.63) is 35.4 Å². The van der Waals surface area contributed by atoms with Gasteiger partial charge in [0.05, 0.1) is 11.4 Å². The van der Waals surface area contributed by atoms with Crippen LogP contribution in [0.2, 0.25) is 0 Å². The molecule has 0 radical (unpaired) electrons. The Bertz CT molecular complexity index is 529. The van der Waals surface area contributed by atoms with Crippen LogP contribution >= 0.6 is 0 Å². The Labute approximate surface area is 82.5 Å². The van der Waals surface area contributed by atoms with Gasteiger partial charge in [-0.25, -0.2) is 0 Å². The Morgan fingerprint density at radius 2 is 1.79 bits per heavy atom. The molecule has 0 saturated heterocycles. The van der Waals surface area contributed by atoms with Gasteiger partial charge in [-0.2, -0.15) is 0 Å². The normalized spacial score (nSPS) is 13.7. The summed E-state index contributed by atoms with van der Waals surface area (Å²) in [7, 11) is 0. The average Bonchev–Trinajstić information content (AvgIpc) is 2.59. The van der Waals surface area contributed by atoms with E-state index in [1.54, 1.807) is 0 Å². The minimum atomic E-state index is 0.714. The molecular formula is C12H12N2. The fourth-order valence-electron chi connectivity index (χ4n) is 2.37. The second-order valence-corrected chi connectivity index (χ2v) is 3.88. The summed E-state index contributed by atoms with van der Waals surface area (Å²) in [5.74, 6) is 0. The van der Waals surface area contributed by atoms with Crippen molar-refractivity contribution in [2.75, 3.05) is 11.5 Å². The highest BCUT2D eigenvalue weighted by atomic mass is 14.7. The molecule has 2 nitrogen and oxygen atoms in total.